The fourth-order valence-corrected chi connectivity index (χ4v) is 0.618. The van der Waals surface area contributed by atoms with Crippen LogP contribution in [0.25, 0.3) is 0 Å². The Balaban J connectivity index is 3.52. The van der Waals surface area contributed by atoms with Crippen molar-refractivity contribution in [1.29, 1.82) is 0 Å². The normalized spacial score (nSPS) is 11.4. The van der Waals surface area contributed by atoms with Crippen molar-refractivity contribution in [2.24, 2.45) is 0 Å². The molecule has 1 unspecified atom stereocenters. The molecule has 1 amide bonds. The quantitative estimate of drug-likeness (QED) is 0.250. The van der Waals surface area contributed by atoms with Gasteiger partial charge in [-0.25, -0.2) is 5.43 Å². The van der Waals surface area contributed by atoms with Gasteiger partial charge in [0.2, 0.25) is 6.41 Å². The zero-order valence-corrected chi connectivity index (χ0v) is 6.87. The number of ether oxygens (including phenoxy) is 1. The zero-order chi connectivity index (χ0) is 9.40. The van der Waals surface area contributed by atoms with Crippen molar-refractivity contribution in [3.63, 3.8) is 0 Å². The maximum atomic E-state index is 10.8. The second kappa shape index (κ2) is 6.36. The maximum absolute atomic E-state index is 10.8. The van der Waals surface area contributed by atoms with Gasteiger partial charge < -0.3 is 4.74 Å². The van der Waals surface area contributed by atoms with Crippen LogP contribution in [0.15, 0.2) is 12.8 Å². The van der Waals surface area contributed by atoms with E-state index in [1.807, 2.05) is 0 Å². The summed E-state index contributed by atoms with van der Waals surface area (Å²) < 4.78 is 4.46. The third-order valence-electron chi connectivity index (χ3n) is 1.08. The van der Waals surface area contributed by atoms with Gasteiger partial charge in [0.25, 0.3) is 0 Å². The van der Waals surface area contributed by atoms with Crippen LogP contribution in [0.4, 0.5) is 0 Å². The minimum atomic E-state index is -0.391. The van der Waals surface area contributed by atoms with E-state index in [1.165, 1.54) is 0 Å². The van der Waals surface area contributed by atoms with Crippen LogP contribution in [0.2, 0.25) is 0 Å². The molecule has 0 radical (unpaired) electrons. The van der Waals surface area contributed by atoms with E-state index < -0.39 is 5.97 Å². The fourth-order valence-electron chi connectivity index (χ4n) is 0.618. The van der Waals surface area contributed by atoms with Gasteiger partial charge in [0, 0.05) is 6.04 Å². The van der Waals surface area contributed by atoms with Gasteiger partial charge in [-0.05, 0) is 6.92 Å². The lowest BCUT2D eigenvalue weighted by atomic mass is 10.2. The van der Waals surface area contributed by atoms with Crippen molar-refractivity contribution >= 4 is 12.4 Å². The van der Waals surface area contributed by atoms with E-state index >= 15 is 0 Å². The maximum Gasteiger partial charge on any atom is 0.312 e. The van der Waals surface area contributed by atoms with Gasteiger partial charge in [-0.3, -0.25) is 15.0 Å². The molecule has 0 aliphatic heterocycles. The minimum absolute atomic E-state index is 0.164. The number of hydrogen-bond acceptors (Lipinski definition) is 4. The lowest BCUT2D eigenvalue weighted by Gasteiger charge is -2.09. The largest absolute Gasteiger partial charge is 0.435 e. The molecule has 12 heavy (non-hydrogen) atoms. The van der Waals surface area contributed by atoms with Gasteiger partial charge in [0.05, 0.1) is 12.7 Å². The van der Waals surface area contributed by atoms with E-state index in [9.17, 15) is 9.59 Å². The van der Waals surface area contributed by atoms with Gasteiger partial charge in [-0.1, -0.05) is 6.58 Å². The fraction of sp³-hybridized carbons (Fsp3) is 0.429. The van der Waals surface area contributed by atoms with Crippen molar-refractivity contribution in [2.45, 2.75) is 19.4 Å². The molecular formula is C7H12N2O3. The molecule has 0 bridgehead atoms. The summed E-state index contributed by atoms with van der Waals surface area (Å²) in [6, 6.07) is -0.164. The Kier molecular flexibility index (Phi) is 5.64. The molecule has 0 saturated carbocycles. The molecule has 0 fully saturated rings. The predicted molar refractivity (Wildman–Crippen MR) is 42.7 cm³/mol. The number of hydrogen-bond donors (Lipinski definition) is 2. The molecule has 0 heterocycles. The van der Waals surface area contributed by atoms with Crippen LogP contribution in [0.3, 0.4) is 0 Å². The number of hydrazine groups is 1. The molecule has 0 aromatic rings. The molecular weight excluding hydrogens is 160 g/mol. The summed E-state index contributed by atoms with van der Waals surface area (Å²) in [5, 5.41) is 0. The molecule has 68 valence electrons. The number of rotatable bonds is 6. The Morgan fingerprint density at radius 3 is 2.92 bits per heavy atom. The molecule has 0 saturated heterocycles. The lowest BCUT2D eigenvalue weighted by Crippen LogP contribution is -2.39. The molecule has 1 atom stereocenters. The minimum Gasteiger partial charge on any atom is -0.435 e. The van der Waals surface area contributed by atoms with Crippen LogP contribution in [-0.4, -0.2) is 18.4 Å². The highest BCUT2D eigenvalue weighted by molar-refractivity contribution is 5.70. The highest BCUT2D eigenvalue weighted by Gasteiger charge is 2.07. The highest BCUT2D eigenvalue weighted by Crippen LogP contribution is 1.92. The molecule has 0 rings (SSSR count). The number of esters is 1. The van der Waals surface area contributed by atoms with E-state index in [1.54, 1.807) is 6.92 Å². The van der Waals surface area contributed by atoms with Crippen molar-refractivity contribution in [3.8, 4) is 0 Å². The number of nitrogens with one attached hydrogen (secondary N) is 2. The van der Waals surface area contributed by atoms with Crippen molar-refractivity contribution < 1.29 is 14.3 Å². The van der Waals surface area contributed by atoms with Crippen LogP contribution in [0.5, 0.6) is 0 Å². The van der Waals surface area contributed by atoms with E-state index in [0.717, 1.165) is 6.26 Å². The first-order valence-electron chi connectivity index (χ1n) is 3.45. The van der Waals surface area contributed by atoms with E-state index in [-0.39, 0.29) is 12.5 Å². The Morgan fingerprint density at radius 2 is 2.42 bits per heavy atom. The monoisotopic (exact) mass is 172 g/mol. The van der Waals surface area contributed by atoms with Crippen molar-refractivity contribution in [3.05, 3.63) is 12.8 Å². The number of amides is 1. The SMILES string of the molecule is C=COC(=O)CC(C)NNC=O. The first-order chi connectivity index (χ1) is 5.70. The Bertz CT molecular complexity index is 170. The standard InChI is InChI=1S/C7H12N2O3/c1-3-12-7(11)4-6(2)9-8-5-10/h3,5-6,9H,1,4H2,2H3,(H,8,10). The third kappa shape index (κ3) is 5.43. The summed E-state index contributed by atoms with van der Waals surface area (Å²) in [6.45, 7) is 4.97. The van der Waals surface area contributed by atoms with E-state index in [0.29, 0.717) is 6.41 Å². The van der Waals surface area contributed by atoms with Crippen molar-refractivity contribution in [2.75, 3.05) is 0 Å². The molecule has 5 heteroatoms. The zero-order valence-electron chi connectivity index (χ0n) is 6.87. The summed E-state index contributed by atoms with van der Waals surface area (Å²) in [4.78, 5) is 20.6. The van der Waals surface area contributed by atoms with Crippen LogP contribution < -0.4 is 10.9 Å². The predicted octanol–water partition coefficient (Wildman–Crippen LogP) is -0.298. The van der Waals surface area contributed by atoms with Gasteiger partial charge in [-0.15, -0.1) is 0 Å². The summed E-state index contributed by atoms with van der Waals surface area (Å²) in [7, 11) is 0. The van der Waals surface area contributed by atoms with Gasteiger partial charge in [0.15, 0.2) is 0 Å². The second-order valence-corrected chi connectivity index (χ2v) is 2.17. The summed E-state index contributed by atoms with van der Waals surface area (Å²) in [5.74, 6) is -0.391. The summed E-state index contributed by atoms with van der Waals surface area (Å²) in [6.07, 6.45) is 1.74. The van der Waals surface area contributed by atoms with Gasteiger partial charge in [0.1, 0.15) is 0 Å². The molecule has 5 nitrogen and oxygen atoms in total. The van der Waals surface area contributed by atoms with Crippen molar-refractivity contribution in [1.82, 2.24) is 10.9 Å². The first-order valence-corrected chi connectivity index (χ1v) is 3.45. The molecule has 0 aromatic carbocycles. The summed E-state index contributed by atoms with van der Waals surface area (Å²) >= 11 is 0. The molecule has 2 N–H and O–H groups in total. The number of carbonyl (C=O) groups excluding carboxylic acids is 2. The molecule has 0 spiro atoms. The average Bonchev–Trinajstić information content (AvgIpc) is 2.01. The highest BCUT2D eigenvalue weighted by atomic mass is 16.5. The Morgan fingerprint density at radius 1 is 1.75 bits per heavy atom. The first kappa shape index (κ1) is 10.6. The molecule has 0 aliphatic rings. The average molecular weight is 172 g/mol. The van der Waals surface area contributed by atoms with E-state index in [4.69, 9.17) is 0 Å². The Hall–Kier alpha value is -1.36. The number of carbonyl (C=O) groups is 2. The van der Waals surface area contributed by atoms with E-state index in [2.05, 4.69) is 22.2 Å². The topological polar surface area (TPSA) is 67.4 Å². The van der Waals surface area contributed by atoms with Crippen LogP contribution >= 0.6 is 0 Å². The molecule has 0 aliphatic carbocycles. The van der Waals surface area contributed by atoms with Gasteiger partial charge >= 0.3 is 5.97 Å². The Labute approximate surface area is 70.7 Å². The van der Waals surface area contributed by atoms with Gasteiger partial charge in [-0.2, -0.15) is 0 Å². The van der Waals surface area contributed by atoms with Crippen LogP contribution in [-0.2, 0) is 14.3 Å². The van der Waals surface area contributed by atoms with Crippen LogP contribution in [0.1, 0.15) is 13.3 Å². The summed E-state index contributed by atoms with van der Waals surface area (Å²) in [5.41, 5.74) is 4.80. The lowest BCUT2D eigenvalue weighted by molar-refractivity contribution is -0.138. The smallest absolute Gasteiger partial charge is 0.312 e. The third-order valence-corrected chi connectivity index (χ3v) is 1.08. The molecule has 0 aromatic heterocycles. The van der Waals surface area contributed by atoms with Crippen LogP contribution in [0, 0.1) is 0 Å². The second-order valence-electron chi connectivity index (χ2n) is 2.17.